The number of thiophene rings is 1. The highest BCUT2D eigenvalue weighted by molar-refractivity contribution is 7.16. The van der Waals surface area contributed by atoms with Crippen molar-refractivity contribution in [2.45, 2.75) is 32.9 Å². The van der Waals surface area contributed by atoms with Gasteiger partial charge in [-0.05, 0) is 24.0 Å². The van der Waals surface area contributed by atoms with Crippen molar-refractivity contribution in [3.63, 3.8) is 0 Å². The molecule has 1 aliphatic rings. The number of halogens is 1. The summed E-state index contributed by atoms with van der Waals surface area (Å²) < 4.78 is 0.878. The van der Waals surface area contributed by atoms with Gasteiger partial charge in [-0.15, -0.1) is 11.3 Å². The minimum absolute atomic E-state index is 0.222. The Morgan fingerprint density at radius 3 is 2.88 bits per heavy atom. The summed E-state index contributed by atoms with van der Waals surface area (Å²) in [6.45, 7) is 7.69. The lowest BCUT2D eigenvalue weighted by Crippen LogP contribution is -2.51. The maximum Gasteiger partial charge on any atom is 0.0931 e. The summed E-state index contributed by atoms with van der Waals surface area (Å²) in [6, 6.07) is 4.42. The van der Waals surface area contributed by atoms with Gasteiger partial charge in [-0.25, -0.2) is 0 Å². The molecule has 1 aliphatic heterocycles. The van der Waals surface area contributed by atoms with Crippen molar-refractivity contribution in [3.05, 3.63) is 21.3 Å². The van der Waals surface area contributed by atoms with Crippen LogP contribution < -0.4 is 5.73 Å². The Morgan fingerprint density at radius 2 is 2.31 bits per heavy atom. The zero-order valence-corrected chi connectivity index (χ0v) is 11.4. The fourth-order valence-electron chi connectivity index (χ4n) is 2.28. The highest BCUT2D eigenvalue weighted by Crippen LogP contribution is 2.30. The molecule has 0 radical (unpaired) electrons. The highest BCUT2D eigenvalue weighted by atomic mass is 35.5. The molecule has 0 bridgehead atoms. The van der Waals surface area contributed by atoms with Crippen molar-refractivity contribution in [3.8, 4) is 0 Å². The van der Waals surface area contributed by atoms with Crippen LogP contribution in [0.5, 0.6) is 0 Å². The van der Waals surface area contributed by atoms with Gasteiger partial charge in [-0.1, -0.05) is 25.4 Å². The second kappa shape index (κ2) is 4.65. The van der Waals surface area contributed by atoms with E-state index in [-0.39, 0.29) is 5.41 Å². The Hall–Kier alpha value is -0.0900. The first kappa shape index (κ1) is 12.4. The van der Waals surface area contributed by atoms with Crippen LogP contribution in [0.3, 0.4) is 0 Å². The van der Waals surface area contributed by atoms with Gasteiger partial charge in [0.2, 0.25) is 0 Å². The smallest absolute Gasteiger partial charge is 0.0931 e. The van der Waals surface area contributed by atoms with Crippen molar-refractivity contribution < 1.29 is 0 Å². The molecule has 0 spiro atoms. The van der Waals surface area contributed by atoms with Gasteiger partial charge in [0.15, 0.2) is 0 Å². The molecule has 1 unspecified atom stereocenters. The largest absolute Gasteiger partial charge is 0.327 e. The predicted octanol–water partition coefficient (Wildman–Crippen LogP) is 2.96. The molecule has 90 valence electrons. The topological polar surface area (TPSA) is 29.3 Å². The Kier molecular flexibility index (Phi) is 3.59. The van der Waals surface area contributed by atoms with E-state index >= 15 is 0 Å². The lowest BCUT2D eigenvalue weighted by atomic mass is 9.80. The normalized spacial score (nSPS) is 25.9. The second-order valence-corrected chi connectivity index (χ2v) is 7.10. The number of likely N-dealkylation sites (tertiary alicyclic amines) is 1. The van der Waals surface area contributed by atoms with E-state index in [4.69, 9.17) is 17.3 Å². The molecule has 4 heteroatoms. The summed E-state index contributed by atoms with van der Waals surface area (Å²) >= 11 is 7.61. The van der Waals surface area contributed by atoms with E-state index in [1.165, 1.54) is 4.88 Å². The third kappa shape index (κ3) is 2.77. The van der Waals surface area contributed by atoms with Crippen LogP contribution in [0.1, 0.15) is 25.1 Å². The number of hydrogen-bond acceptors (Lipinski definition) is 3. The van der Waals surface area contributed by atoms with E-state index in [9.17, 15) is 0 Å². The number of rotatable bonds is 2. The zero-order valence-electron chi connectivity index (χ0n) is 9.87. The number of nitrogens with two attached hydrogens (primary N) is 1. The van der Waals surface area contributed by atoms with Crippen molar-refractivity contribution in [1.82, 2.24) is 4.90 Å². The van der Waals surface area contributed by atoms with Crippen LogP contribution in [0, 0.1) is 5.41 Å². The monoisotopic (exact) mass is 258 g/mol. The SMILES string of the molecule is CC1(C)CN(Cc2ccc(Cl)s2)CCC1N. The van der Waals surface area contributed by atoms with E-state index < -0.39 is 0 Å². The van der Waals surface area contributed by atoms with Gasteiger partial charge < -0.3 is 5.73 Å². The fourth-order valence-corrected chi connectivity index (χ4v) is 3.41. The number of piperidine rings is 1. The Balaban J connectivity index is 1.97. The first-order chi connectivity index (χ1) is 7.47. The Bertz CT molecular complexity index is 362. The van der Waals surface area contributed by atoms with Gasteiger partial charge in [0.05, 0.1) is 4.34 Å². The quantitative estimate of drug-likeness (QED) is 0.884. The van der Waals surface area contributed by atoms with Gasteiger partial charge in [-0.2, -0.15) is 0 Å². The van der Waals surface area contributed by atoms with E-state index in [1.807, 2.05) is 6.07 Å². The summed E-state index contributed by atoms with van der Waals surface area (Å²) in [6.07, 6.45) is 1.09. The minimum Gasteiger partial charge on any atom is -0.327 e. The molecule has 1 aromatic heterocycles. The molecule has 0 saturated carbocycles. The van der Waals surface area contributed by atoms with Crippen LogP contribution in [0.25, 0.3) is 0 Å². The molecule has 1 saturated heterocycles. The van der Waals surface area contributed by atoms with Crippen molar-refractivity contribution >= 4 is 22.9 Å². The summed E-state index contributed by atoms with van der Waals surface area (Å²) in [7, 11) is 0. The summed E-state index contributed by atoms with van der Waals surface area (Å²) in [5.74, 6) is 0. The molecule has 1 aromatic rings. The van der Waals surface area contributed by atoms with Crippen LogP contribution in [0.4, 0.5) is 0 Å². The molecule has 1 atom stereocenters. The molecule has 2 nitrogen and oxygen atoms in total. The lowest BCUT2D eigenvalue weighted by molar-refractivity contribution is 0.0907. The van der Waals surface area contributed by atoms with Crippen molar-refractivity contribution in [2.75, 3.05) is 13.1 Å². The fraction of sp³-hybridized carbons (Fsp3) is 0.667. The number of nitrogens with zero attached hydrogens (tertiary/aromatic N) is 1. The van der Waals surface area contributed by atoms with E-state index in [1.54, 1.807) is 11.3 Å². The predicted molar refractivity (Wildman–Crippen MR) is 71.0 cm³/mol. The first-order valence-electron chi connectivity index (χ1n) is 5.69. The van der Waals surface area contributed by atoms with E-state index in [0.717, 1.165) is 30.4 Å². The molecule has 2 rings (SSSR count). The van der Waals surface area contributed by atoms with E-state index in [2.05, 4.69) is 24.8 Å². The average molecular weight is 259 g/mol. The summed E-state index contributed by atoms with van der Waals surface area (Å²) in [4.78, 5) is 3.82. The molecular formula is C12H19ClN2S. The van der Waals surface area contributed by atoms with Crippen LogP contribution in [-0.2, 0) is 6.54 Å². The van der Waals surface area contributed by atoms with Crippen LogP contribution in [0.2, 0.25) is 4.34 Å². The molecule has 0 aromatic carbocycles. The molecule has 2 N–H and O–H groups in total. The minimum atomic E-state index is 0.222. The standard InChI is InChI=1S/C12H19ClN2S/c1-12(2)8-15(6-5-10(12)14)7-9-3-4-11(13)16-9/h3-4,10H,5-8,14H2,1-2H3. The molecule has 0 amide bonds. The van der Waals surface area contributed by atoms with E-state index in [0.29, 0.717) is 6.04 Å². The van der Waals surface area contributed by atoms with Crippen LogP contribution in [0.15, 0.2) is 12.1 Å². The van der Waals surface area contributed by atoms with Crippen molar-refractivity contribution in [2.24, 2.45) is 11.1 Å². The molecular weight excluding hydrogens is 240 g/mol. The number of hydrogen-bond donors (Lipinski definition) is 1. The van der Waals surface area contributed by atoms with Gasteiger partial charge >= 0.3 is 0 Å². The first-order valence-corrected chi connectivity index (χ1v) is 6.89. The van der Waals surface area contributed by atoms with Gasteiger partial charge in [0.1, 0.15) is 0 Å². The second-order valence-electron chi connectivity index (χ2n) is 5.30. The maximum atomic E-state index is 6.13. The average Bonchev–Trinajstić information content (AvgIpc) is 2.57. The third-order valence-electron chi connectivity index (χ3n) is 3.40. The lowest BCUT2D eigenvalue weighted by Gasteiger charge is -2.42. The van der Waals surface area contributed by atoms with Crippen LogP contribution in [-0.4, -0.2) is 24.0 Å². The van der Waals surface area contributed by atoms with Crippen molar-refractivity contribution in [1.29, 1.82) is 0 Å². The van der Waals surface area contributed by atoms with Gasteiger partial charge in [-0.3, -0.25) is 4.90 Å². The highest BCUT2D eigenvalue weighted by Gasteiger charge is 2.33. The molecule has 2 heterocycles. The van der Waals surface area contributed by atoms with Crippen LogP contribution >= 0.6 is 22.9 Å². The zero-order chi connectivity index (χ0) is 11.8. The van der Waals surface area contributed by atoms with Gasteiger partial charge in [0, 0.05) is 30.6 Å². The molecule has 16 heavy (non-hydrogen) atoms. The summed E-state index contributed by atoms with van der Waals surface area (Å²) in [5.41, 5.74) is 6.35. The Labute approximate surface area is 106 Å². The third-order valence-corrected chi connectivity index (χ3v) is 4.62. The van der Waals surface area contributed by atoms with Gasteiger partial charge in [0.25, 0.3) is 0 Å². The molecule has 0 aliphatic carbocycles. The molecule has 1 fully saturated rings. The summed E-state index contributed by atoms with van der Waals surface area (Å²) in [5, 5.41) is 0. The Morgan fingerprint density at radius 1 is 1.56 bits per heavy atom. The maximum absolute atomic E-state index is 6.13.